The molecule has 0 aromatic heterocycles. The van der Waals surface area contributed by atoms with Crippen LogP contribution in [0.3, 0.4) is 0 Å². The van der Waals surface area contributed by atoms with Gasteiger partial charge in [0, 0.05) is 25.6 Å². The summed E-state index contributed by atoms with van der Waals surface area (Å²) in [6.45, 7) is 0.0904. The van der Waals surface area contributed by atoms with E-state index in [9.17, 15) is 18.8 Å². The third-order valence-corrected chi connectivity index (χ3v) is 4.38. The molecule has 0 atom stereocenters. The molecule has 150 valence electrons. The van der Waals surface area contributed by atoms with Crippen LogP contribution in [0.4, 0.5) is 10.1 Å². The number of nitrogens with one attached hydrogen (secondary N) is 1. The minimum absolute atomic E-state index is 0.151. The molecule has 8 heteroatoms. The highest BCUT2D eigenvalue weighted by Gasteiger charge is 2.27. The molecule has 0 fully saturated rings. The molecule has 7 nitrogen and oxygen atoms in total. The number of hydrazone groups is 1. The molecule has 0 radical (unpaired) electrons. The van der Waals surface area contributed by atoms with Crippen LogP contribution in [0.5, 0.6) is 0 Å². The molecule has 29 heavy (non-hydrogen) atoms. The number of carbonyl (C=O) groups excluding carboxylic acids is 3. The second kappa shape index (κ2) is 9.09. The van der Waals surface area contributed by atoms with Gasteiger partial charge in [-0.05, 0) is 29.8 Å². The lowest BCUT2D eigenvalue weighted by Crippen LogP contribution is -2.42. The van der Waals surface area contributed by atoms with Crippen LogP contribution in [-0.4, -0.2) is 46.9 Å². The van der Waals surface area contributed by atoms with Crippen molar-refractivity contribution in [2.45, 2.75) is 19.4 Å². The molecular weight excluding hydrogens is 375 g/mol. The summed E-state index contributed by atoms with van der Waals surface area (Å²) < 4.78 is 12.9. The van der Waals surface area contributed by atoms with Gasteiger partial charge in [-0.15, -0.1) is 0 Å². The van der Waals surface area contributed by atoms with Crippen molar-refractivity contribution in [2.24, 2.45) is 5.10 Å². The van der Waals surface area contributed by atoms with E-state index in [0.29, 0.717) is 5.69 Å². The van der Waals surface area contributed by atoms with Crippen LogP contribution < -0.4 is 5.32 Å². The predicted molar refractivity (Wildman–Crippen MR) is 106 cm³/mol. The fourth-order valence-corrected chi connectivity index (χ4v) is 2.88. The van der Waals surface area contributed by atoms with Gasteiger partial charge in [-0.3, -0.25) is 14.4 Å². The summed E-state index contributed by atoms with van der Waals surface area (Å²) in [7, 11) is 1.49. The highest BCUT2D eigenvalue weighted by atomic mass is 19.1. The molecular formula is C21H21FN4O3. The Hall–Kier alpha value is -3.55. The average Bonchev–Trinajstić information content (AvgIpc) is 2.71. The van der Waals surface area contributed by atoms with Gasteiger partial charge in [-0.2, -0.15) is 5.10 Å². The lowest BCUT2D eigenvalue weighted by molar-refractivity contribution is -0.133. The minimum atomic E-state index is -0.416. The summed E-state index contributed by atoms with van der Waals surface area (Å²) in [5.74, 6) is -1.38. The Morgan fingerprint density at radius 3 is 2.48 bits per heavy atom. The molecule has 0 saturated heterocycles. The van der Waals surface area contributed by atoms with E-state index in [1.807, 2.05) is 30.3 Å². The van der Waals surface area contributed by atoms with E-state index in [4.69, 9.17) is 0 Å². The zero-order valence-corrected chi connectivity index (χ0v) is 16.0. The van der Waals surface area contributed by atoms with Crippen molar-refractivity contribution in [3.05, 3.63) is 66.0 Å². The Bertz CT molecular complexity index is 929. The van der Waals surface area contributed by atoms with Gasteiger partial charge in [0.05, 0.1) is 13.1 Å². The van der Waals surface area contributed by atoms with Gasteiger partial charge in [0.2, 0.25) is 11.8 Å². The number of hydrogen-bond acceptors (Lipinski definition) is 4. The Kier molecular flexibility index (Phi) is 6.33. The number of hydrogen-bond donors (Lipinski definition) is 1. The Balaban J connectivity index is 1.61. The zero-order valence-electron chi connectivity index (χ0n) is 16.0. The molecule has 0 spiro atoms. The van der Waals surface area contributed by atoms with Crippen molar-refractivity contribution < 1.29 is 18.8 Å². The van der Waals surface area contributed by atoms with Gasteiger partial charge in [0.25, 0.3) is 5.91 Å². The maximum Gasteiger partial charge on any atom is 0.270 e. The van der Waals surface area contributed by atoms with Crippen molar-refractivity contribution in [2.75, 3.05) is 18.9 Å². The van der Waals surface area contributed by atoms with E-state index >= 15 is 0 Å². The van der Waals surface area contributed by atoms with Crippen LogP contribution in [0.15, 0.2) is 59.7 Å². The Morgan fingerprint density at radius 1 is 1.10 bits per heavy atom. The van der Waals surface area contributed by atoms with Crippen molar-refractivity contribution in [3.8, 4) is 0 Å². The first-order valence-corrected chi connectivity index (χ1v) is 9.15. The highest BCUT2D eigenvalue weighted by molar-refractivity contribution is 6.39. The molecule has 0 unspecified atom stereocenters. The van der Waals surface area contributed by atoms with Gasteiger partial charge in [-0.1, -0.05) is 30.3 Å². The van der Waals surface area contributed by atoms with E-state index in [2.05, 4.69) is 10.4 Å². The molecule has 2 aromatic rings. The van der Waals surface area contributed by atoms with E-state index in [0.717, 1.165) is 5.56 Å². The molecule has 3 rings (SSSR count). The predicted octanol–water partition coefficient (Wildman–Crippen LogP) is 2.40. The van der Waals surface area contributed by atoms with Gasteiger partial charge in [0.15, 0.2) is 0 Å². The quantitative estimate of drug-likeness (QED) is 0.814. The number of halogens is 1. The summed E-state index contributed by atoms with van der Waals surface area (Å²) in [5.41, 5.74) is 1.58. The van der Waals surface area contributed by atoms with Crippen LogP contribution in [-0.2, 0) is 20.9 Å². The first kappa shape index (κ1) is 20.2. The van der Waals surface area contributed by atoms with Crippen LogP contribution in [0.2, 0.25) is 0 Å². The molecule has 0 aliphatic carbocycles. The number of carbonyl (C=O) groups is 3. The Labute approximate surface area is 167 Å². The van der Waals surface area contributed by atoms with Crippen molar-refractivity contribution in [1.29, 1.82) is 0 Å². The molecule has 3 amide bonds. The SMILES string of the molecule is CN(CC(=O)Nc1ccc(F)cc1)C(=O)C1=NN(Cc2ccccc2)C(=O)CC1. The molecule has 1 aliphatic rings. The standard InChI is InChI=1S/C21H21FN4O3/c1-25(14-19(27)23-17-9-7-16(22)8-10-17)21(29)18-11-12-20(28)26(24-18)13-15-5-3-2-4-6-15/h2-10H,11-14H2,1H3,(H,23,27). The topological polar surface area (TPSA) is 82.1 Å². The third kappa shape index (κ3) is 5.47. The van der Waals surface area contributed by atoms with Crippen molar-refractivity contribution >= 4 is 29.1 Å². The van der Waals surface area contributed by atoms with E-state index in [1.54, 1.807) is 0 Å². The van der Waals surface area contributed by atoms with Gasteiger partial charge < -0.3 is 10.2 Å². The number of amides is 3. The first-order valence-electron chi connectivity index (χ1n) is 9.15. The lowest BCUT2D eigenvalue weighted by atomic mass is 10.1. The molecule has 1 aliphatic heterocycles. The molecule has 0 bridgehead atoms. The van der Waals surface area contributed by atoms with Gasteiger partial charge in [0.1, 0.15) is 11.5 Å². The van der Waals surface area contributed by atoms with E-state index < -0.39 is 17.6 Å². The monoisotopic (exact) mass is 396 g/mol. The average molecular weight is 396 g/mol. The van der Waals surface area contributed by atoms with E-state index in [-0.39, 0.29) is 37.6 Å². The summed E-state index contributed by atoms with van der Waals surface area (Å²) in [6, 6.07) is 14.7. The molecule has 1 N–H and O–H groups in total. The zero-order chi connectivity index (χ0) is 20.8. The molecule has 2 aromatic carbocycles. The number of rotatable bonds is 6. The van der Waals surface area contributed by atoms with E-state index in [1.165, 1.54) is 41.2 Å². The first-order chi connectivity index (χ1) is 13.9. The fraction of sp³-hybridized carbons (Fsp3) is 0.238. The third-order valence-electron chi connectivity index (χ3n) is 4.38. The number of anilines is 1. The Morgan fingerprint density at radius 2 is 1.79 bits per heavy atom. The highest BCUT2D eigenvalue weighted by Crippen LogP contribution is 2.15. The van der Waals surface area contributed by atoms with Crippen LogP contribution in [0.25, 0.3) is 0 Å². The lowest BCUT2D eigenvalue weighted by Gasteiger charge is -2.25. The summed E-state index contributed by atoms with van der Waals surface area (Å²) in [4.78, 5) is 38.2. The normalized spacial score (nSPS) is 13.7. The number of likely N-dealkylation sites (N-methyl/N-ethyl adjacent to an activating group) is 1. The number of nitrogens with zero attached hydrogens (tertiary/aromatic N) is 3. The van der Waals surface area contributed by atoms with Crippen LogP contribution in [0.1, 0.15) is 18.4 Å². The summed E-state index contributed by atoms with van der Waals surface area (Å²) >= 11 is 0. The van der Waals surface area contributed by atoms with Crippen molar-refractivity contribution in [3.63, 3.8) is 0 Å². The fourth-order valence-electron chi connectivity index (χ4n) is 2.88. The van der Waals surface area contributed by atoms with Gasteiger partial charge >= 0.3 is 0 Å². The minimum Gasteiger partial charge on any atom is -0.331 e. The molecule has 0 saturated carbocycles. The van der Waals surface area contributed by atoms with Crippen molar-refractivity contribution in [1.82, 2.24) is 9.91 Å². The van der Waals surface area contributed by atoms with Crippen LogP contribution in [0, 0.1) is 5.82 Å². The summed E-state index contributed by atoms with van der Waals surface area (Å²) in [5, 5.41) is 8.11. The summed E-state index contributed by atoms with van der Waals surface area (Å²) in [6.07, 6.45) is 0.417. The molecule has 1 heterocycles. The van der Waals surface area contributed by atoms with Crippen LogP contribution >= 0.6 is 0 Å². The second-order valence-corrected chi connectivity index (χ2v) is 6.70. The smallest absolute Gasteiger partial charge is 0.270 e. The maximum absolute atomic E-state index is 12.9. The van der Waals surface area contributed by atoms with Gasteiger partial charge in [-0.25, -0.2) is 9.40 Å². The largest absolute Gasteiger partial charge is 0.331 e. The number of benzene rings is 2. The maximum atomic E-state index is 12.9. The second-order valence-electron chi connectivity index (χ2n) is 6.70.